The largest absolute Gasteiger partial charge is 0.497 e. The van der Waals surface area contributed by atoms with E-state index in [1.54, 1.807) is 25.4 Å². The average molecular weight is 259 g/mol. The highest BCUT2D eigenvalue weighted by Gasteiger charge is 2.10. The number of benzene rings is 1. The Morgan fingerprint density at radius 3 is 2.94 bits per heavy atom. The van der Waals surface area contributed by atoms with Crippen LogP contribution < -0.4 is 10.4 Å². The van der Waals surface area contributed by atoms with E-state index in [0.29, 0.717) is 21.9 Å². The van der Waals surface area contributed by atoms with E-state index < -0.39 is 0 Å². The molecule has 0 aliphatic carbocycles. The van der Waals surface area contributed by atoms with Crippen LogP contribution in [0, 0.1) is 0 Å². The zero-order chi connectivity index (χ0) is 12.5. The zero-order valence-electron chi connectivity index (χ0n) is 9.54. The highest BCUT2D eigenvalue weighted by atomic mass is 32.1. The fourth-order valence-corrected chi connectivity index (χ4v) is 2.37. The molecule has 3 aromatic rings. The Kier molecular flexibility index (Phi) is 2.60. The Labute approximate surface area is 106 Å². The van der Waals surface area contributed by atoms with Crippen LogP contribution in [-0.4, -0.2) is 12.1 Å². The van der Waals surface area contributed by atoms with Crippen LogP contribution in [0.5, 0.6) is 5.75 Å². The Morgan fingerprint density at radius 1 is 1.33 bits per heavy atom. The van der Waals surface area contributed by atoms with Crippen molar-refractivity contribution in [3.63, 3.8) is 0 Å². The van der Waals surface area contributed by atoms with E-state index in [1.165, 1.54) is 11.3 Å². The molecule has 90 valence electrons. The molecule has 0 radical (unpaired) electrons. The fraction of sp³-hybridized carbons (Fsp3) is 0.0769. The van der Waals surface area contributed by atoms with E-state index in [1.807, 2.05) is 17.5 Å². The Hall–Kier alpha value is -2.14. The van der Waals surface area contributed by atoms with E-state index >= 15 is 0 Å². The third-order valence-corrected chi connectivity index (χ3v) is 3.41. The molecule has 0 bridgehead atoms. The summed E-state index contributed by atoms with van der Waals surface area (Å²) in [5.74, 6) is 0.660. The number of rotatable bonds is 2. The lowest BCUT2D eigenvalue weighted by Crippen LogP contribution is -2.02. The number of fused-ring (bicyclic) bond motifs is 1. The van der Waals surface area contributed by atoms with E-state index in [0.717, 1.165) is 5.39 Å². The monoisotopic (exact) mass is 259 g/mol. The van der Waals surface area contributed by atoms with Gasteiger partial charge in [-0.05, 0) is 18.2 Å². The number of thiazole rings is 1. The summed E-state index contributed by atoms with van der Waals surface area (Å²) >= 11 is 1.41. The summed E-state index contributed by atoms with van der Waals surface area (Å²) in [6.07, 6.45) is 1.66. The number of ether oxygens (including phenoxy) is 1. The van der Waals surface area contributed by atoms with Gasteiger partial charge < -0.3 is 9.15 Å². The minimum Gasteiger partial charge on any atom is -0.497 e. The Morgan fingerprint density at radius 2 is 2.22 bits per heavy atom. The lowest BCUT2D eigenvalue weighted by molar-refractivity contribution is 0.414. The molecule has 3 rings (SSSR count). The van der Waals surface area contributed by atoms with Gasteiger partial charge in [0.25, 0.3) is 0 Å². The summed E-state index contributed by atoms with van der Waals surface area (Å²) in [6.45, 7) is 0. The molecule has 5 heteroatoms. The lowest BCUT2D eigenvalue weighted by atomic mass is 10.2. The first-order valence-corrected chi connectivity index (χ1v) is 6.17. The topological polar surface area (TPSA) is 52.3 Å². The SMILES string of the molecule is COc1ccc2cc(-c3nccs3)c(=O)oc2c1. The van der Waals surface area contributed by atoms with Gasteiger partial charge in [0.05, 0.1) is 12.7 Å². The second-order valence-corrected chi connectivity index (χ2v) is 4.58. The van der Waals surface area contributed by atoms with Crippen molar-refractivity contribution >= 4 is 22.3 Å². The van der Waals surface area contributed by atoms with Crippen molar-refractivity contribution in [2.45, 2.75) is 0 Å². The number of aromatic nitrogens is 1. The van der Waals surface area contributed by atoms with Crippen LogP contribution in [0.25, 0.3) is 21.5 Å². The molecule has 18 heavy (non-hydrogen) atoms. The Balaban J connectivity index is 2.25. The van der Waals surface area contributed by atoms with Gasteiger partial charge in [0.1, 0.15) is 16.3 Å². The first-order chi connectivity index (χ1) is 8.78. The first kappa shape index (κ1) is 11.0. The molecule has 0 saturated carbocycles. The highest BCUT2D eigenvalue weighted by Crippen LogP contribution is 2.25. The molecule has 0 unspecified atom stereocenters. The van der Waals surface area contributed by atoms with Crippen molar-refractivity contribution < 1.29 is 9.15 Å². The number of methoxy groups -OCH3 is 1. The summed E-state index contributed by atoms with van der Waals surface area (Å²) in [4.78, 5) is 16.0. The average Bonchev–Trinajstić information content (AvgIpc) is 2.91. The van der Waals surface area contributed by atoms with Crippen molar-refractivity contribution in [1.29, 1.82) is 0 Å². The predicted octanol–water partition coefficient (Wildman–Crippen LogP) is 2.93. The van der Waals surface area contributed by atoms with Gasteiger partial charge in [-0.2, -0.15) is 0 Å². The van der Waals surface area contributed by atoms with E-state index in [2.05, 4.69) is 4.98 Å². The zero-order valence-corrected chi connectivity index (χ0v) is 10.4. The molecular formula is C13H9NO3S. The van der Waals surface area contributed by atoms with Crippen molar-refractivity contribution in [2.75, 3.05) is 7.11 Å². The molecular weight excluding hydrogens is 250 g/mol. The van der Waals surface area contributed by atoms with Crippen LogP contribution in [-0.2, 0) is 0 Å². The fourth-order valence-electron chi connectivity index (χ4n) is 1.72. The van der Waals surface area contributed by atoms with Crippen molar-refractivity contribution in [2.24, 2.45) is 0 Å². The van der Waals surface area contributed by atoms with Crippen LogP contribution in [0.4, 0.5) is 0 Å². The lowest BCUT2D eigenvalue weighted by Gasteiger charge is -2.02. The van der Waals surface area contributed by atoms with E-state index in [9.17, 15) is 4.79 Å². The van der Waals surface area contributed by atoms with Gasteiger partial charge in [-0.15, -0.1) is 11.3 Å². The second-order valence-electron chi connectivity index (χ2n) is 3.69. The standard InChI is InChI=1S/C13H9NO3S/c1-16-9-3-2-8-6-10(12-14-4-5-18-12)13(15)17-11(8)7-9/h2-7H,1H3. The molecule has 0 atom stereocenters. The van der Waals surface area contributed by atoms with Gasteiger partial charge in [0.15, 0.2) is 0 Å². The quantitative estimate of drug-likeness (QED) is 0.664. The van der Waals surface area contributed by atoms with Crippen molar-refractivity contribution in [3.05, 3.63) is 46.3 Å². The minimum absolute atomic E-state index is 0.384. The van der Waals surface area contributed by atoms with Gasteiger partial charge in [-0.1, -0.05) is 0 Å². The molecule has 1 aromatic carbocycles. The third-order valence-electron chi connectivity index (χ3n) is 2.61. The maximum Gasteiger partial charge on any atom is 0.346 e. The molecule has 0 amide bonds. The maximum absolute atomic E-state index is 11.9. The molecule has 0 aliphatic heterocycles. The summed E-state index contributed by atoms with van der Waals surface area (Å²) in [6, 6.07) is 7.17. The third kappa shape index (κ3) is 1.78. The molecule has 0 saturated heterocycles. The van der Waals surface area contributed by atoms with E-state index in [-0.39, 0.29) is 5.63 Å². The maximum atomic E-state index is 11.9. The first-order valence-electron chi connectivity index (χ1n) is 5.30. The number of hydrogen-bond acceptors (Lipinski definition) is 5. The summed E-state index contributed by atoms with van der Waals surface area (Å²) in [7, 11) is 1.57. The molecule has 2 heterocycles. The summed E-state index contributed by atoms with van der Waals surface area (Å²) < 4.78 is 10.4. The minimum atomic E-state index is -0.384. The number of hydrogen-bond donors (Lipinski definition) is 0. The van der Waals surface area contributed by atoms with Crippen molar-refractivity contribution in [3.8, 4) is 16.3 Å². The van der Waals surface area contributed by atoms with Crippen LogP contribution in [0.1, 0.15) is 0 Å². The van der Waals surface area contributed by atoms with Gasteiger partial charge in [-0.3, -0.25) is 0 Å². The van der Waals surface area contributed by atoms with Crippen molar-refractivity contribution in [1.82, 2.24) is 4.98 Å². The van der Waals surface area contributed by atoms with E-state index in [4.69, 9.17) is 9.15 Å². The summed E-state index contributed by atoms with van der Waals surface area (Å²) in [5, 5.41) is 3.34. The molecule has 0 spiro atoms. The van der Waals surface area contributed by atoms with Gasteiger partial charge in [0, 0.05) is 23.0 Å². The highest BCUT2D eigenvalue weighted by molar-refractivity contribution is 7.13. The Bertz CT molecular complexity index is 747. The molecule has 0 N–H and O–H groups in total. The predicted molar refractivity (Wildman–Crippen MR) is 70.1 cm³/mol. The number of nitrogens with zero attached hydrogens (tertiary/aromatic N) is 1. The van der Waals surface area contributed by atoms with Crippen LogP contribution in [0.2, 0.25) is 0 Å². The normalized spacial score (nSPS) is 10.7. The van der Waals surface area contributed by atoms with Crippen LogP contribution >= 0.6 is 11.3 Å². The molecule has 2 aromatic heterocycles. The van der Waals surface area contributed by atoms with Crippen LogP contribution in [0.15, 0.2) is 45.1 Å². The molecule has 4 nitrogen and oxygen atoms in total. The molecule has 0 fully saturated rings. The van der Waals surface area contributed by atoms with Gasteiger partial charge in [-0.25, -0.2) is 9.78 Å². The van der Waals surface area contributed by atoms with Gasteiger partial charge in [0.2, 0.25) is 0 Å². The smallest absolute Gasteiger partial charge is 0.346 e. The van der Waals surface area contributed by atoms with Gasteiger partial charge >= 0.3 is 5.63 Å². The second kappa shape index (κ2) is 4.27. The summed E-state index contributed by atoms with van der Waals surface area (Å²) in [5.41, 5.74) is 0.619. The molecule has 0 aliphatic rings. The van der Waals surface area contributed by atoms with Crippen LogP contribution in [0.3, 0.4) is 0 Å².